The van der Waals surface area contributed by atoms with Crippen molar-refractivity contribution in [1.29, 1.82) is 0 Å². The maximum atomic E-state index is 10.6. The largest absolute Gasteiger partial charge is 0.479 e. The van der Waals surface area contributed by atoms with E-state index >= 15 is 0 Å². The lowest BCUT2D eigenvalue weighted by Gasteiger charge is -2.11. The Kier molecular flexibility index (Phi) is 4.71. The van der Waals surface area contributed by atoms with E-state index in [4.69, 9.17) is 9.84 Å². The Balaban J connectivity index is 2.10. The quantitative estimate of drug-likeness (QED) is 0.847. The Morgan fingerprint density at radius 1 is 1.24 bits per heavy atom. The molecule has 110 valence electrons. The van der Waals surface area contributed by atoms with E-state index in [9.17, 15) is 4.79 Å². The van der Waals surface area contributed by atoms with E-state index in [0.29, 0.717) is 18.4 Å². The maximum absolute atomic E-state index is 10.6. The van der Waals surface area contributed by atoms with Gasteiger partial charge in [-0.3, -0.25) is 0 Å². The first-order valence-corrected chi connectivity index (χ1v) is 6.54. The number of carboxylic acids is 1. The van der Waals surface area contributed by atoms with Crippen molar-refractivity contribution in [2.75, 3.05) is 11.9 Å². The van der Waals surface area contributed by atoms with Crippen LogP contribution in [-0.4, -0.2) is 27.7 Å². The van der Waals surface area contributed by atoms with Gasteiger partial charge < -0.3 is 15.2 Å². The molecular weight excluding hydrogens is 270 g/mol. The number of anilines is 1. The molecule has 0 amide bonds. The van der Waals surface area contributed by atoms with E-state index in [-0.39, 0.29) is 0 Å². The third kappa shape index (κ3) is 4.17. The van der Waals surface area contributed by atoms with Gasteiger partial charge >= 0.3 is 5.97 Å². The Hall–Kier alpha value is -2.63. The summed E-state index contributed by atoms with van der Waals surface area (Å²) in [5.74, 6) is -0.327. The normalized spacial score (nSPS) is 10.2. The van der Waals surface area contributed by atoms with E-state index in [2.05, 4.69) is 15.3 Å². The van der Waals surface area contributed by atoms with E-state index in [0.717, 1.165) is 16.8 Å². The van der Waals surface area contributed by atoms with Gasteiger partial charge in [0, 0.05) is 17.8 Å². The molecule has 1 heterocycles. The molecule has 2 rings (SSSR count). The minimum atomic E-state index is -1.04. The molecule has 1 aromatic carbocycles. The van der Waals surface area contributed by atoms with Crippen LogP contribution in [0.5, 0.6) is 5.88 Å². The lowest BCUT2D eigenvalue weighted by molar-refractivity contribution is -0.139. The van der Waals surface area contributed by atoms with E-state index in [1.165, 1.54) is 0 Å². The van der Waals surface area contributed by atoms with Crippen molar-refractivity contribution in [3.05, 3.63) is 47.2 Å². The Bertz CT molecular complexity index is 630. The van der Waals surface area contributed by atoms with Gasteiger partial charge in [-0.05, 0) is 19.4 Å². The fraction of sp³-hybridized carbons (Fsp3) is 0.267. The molecule has 0 fully saturated rings. The van der Waals surface area contributed by atoms with E-state index in [1.54, 1.807) is 6.92 Å². The standard InChI is InChI=1S/C15H17N3O3/c1-10-11(2)17-15(18-14(10)21-9-13(19)20)16-8-12-6-4-3-5-7-12/h3-7H,8-9H2,1-2H3,(H,19,20)(H,16,17,18). The summed E-state index contributed by atoms with van der Waals surface area (Å²) in [4.78, 5) is 19.1. The topological polar surface area (TPSA) is 84.3 Å². The summed E-state index contributed by atoms with van der Waals surface area (Å²) in [6, 6.07) is 9.86. The summed E-state index contributed by atoms with van der Waals surface area (Å²) in [6.45, 7) is 3.79. The molecule has 0 spiro atoms. The number of carbonyl (C=O) groups is 1. The van der Waals surface area contributed by atoms with Crippen molar-refractivity contribution in [3.63, 3.8) is 0 Å². The van der Waals surface area contributed by atoms with Crippen LogP contribution in [0, 0.1) is 13.8 Å². The fourth-order valence-corrected chi connectivity index (χ4v) is 1.73. The predicted molar refractivity (Wildman–Crippen MR) is 78.4 cm³/mol. The molecule has 0 radical (unpaired) electrons. The molecule has 2 N–H and O–H groups in total. The summed E-state index contributed by atoms with van der Waals surface area (Å²) in [7, 11) is 0. The van der Waals surface area contributed by atoms with Gasteiger partial charge in [-0.2, -0.15) is 4.98 Å². The molecule has 6 heteroatoms. The molecule has 0 aliphatic heterocycles. The van der Waals surface area contributed by atoms with E-state index in [1.807, 2.05) is 37.3 Å². The third-order valence-corrected chi connectivity index (χ3v) is 2.97. The highest BCUT2D eigenvalue weighted by molar-refractivity contribution is 5.68. The lowest BCUT2D eigenvalue weighted by Crippen LogP contribution is -2.13. The SMILES string of the molecule is Cc1nc(NCc2ccccc2)nc(OCC(=O)O)c1C. The number of aryl methyl sites for hydroxylation is 1. The van der Waals surface area contributed by atoms with Crippen LogP contribution >= 0.6 is 0 Å². The van der Waals surface area contributed by atoms with Crippen LogP contribution in [0.2, 0.25) is 0 Å². The van der Waals surface area contributed by atoms with Gasteiger partial charge in [0.2, 0.25) is 11.8 Å². The van der Waals surface area contributed by atoms with Crippen molar-refractivity contribution in [2.45, 2.75) is 20.4 Å². The summed E-state index contributed by atoms with van der Waals surface area (Å²) in [5.41, 5.74) is 2.59. The fourth-order valence-electron chi connectivity index (χ4n) is 1.73. The number of carboxylic acid groups (broad SMARTS) is 1. The molecule has 1 aromatic heterocycles. The molecular formula is C15H17N3O3. The number of nitrogens with zero attached hydrogens (tertiary/aromatic N) is 2. The zero-order valence-electron chi connectivity index (χ0n) is 12.0. The molecule has 2 aromatic rings. The first-order valence-electron chi connectivity index (χ1n) is 6.54. The molecule has 0 aliphatic carbocycles. The monoisotopic (exact) mass is 287 g/mol. The Morgan fingerprint density at radius 2 is 1.95 bits per heavy atom. The van der Waals surface area contributed by atoms with Gasteiger partial charge in [-0.1, -0.05) is 30.3 Å². The highest BCUT2D eigenvalue weighted by atomic mass is 16.5. The van der Waals surface area contributed by atoms with Gasteiger partial charge in [0.25, 0.3) is 0 Å². The third-order valence-electron chi connectivity index (χ3n) is 2.97. The predicted octanol–water partition coefficient (Wildman–Crippen LogP) is 2.17. The van der Waals surface area contributed by atoms with Crippen molar-refractivity contribution in [2.24, 2.45) is 0 Å². The molecule has 21 heavy (non-hydrogen) atoms. The van der Waals surface area contributed by atoms with Crippen LogP contribution in [0.1, 0.15) is 16.8 Å². The van der Waals surface area contributed by atoms with Crippen LogP contribution in [-0.2, 0) is 11.3 Å². The first kappa shape index (κ1) is 14.8. The summed E-state index contributed by atoms with van der Waals surface area (Å²) < 4.78 is 5.18. The second kappa shape index (κ2) is 6.69. The molecule has 6 nitrogen and oxygen atoms in total. The number of nitrogens with one attached hydrogen (secondary N) is 1. The highest BCUT2D eigenvalue weighted by Gasteiger charge is 2.10. The van der Waals surface area contributed by atoms with Crippen molar-refractivity contribution in [3.8, 4) is 5.88 Å². The zero-order valence-corrected chi connectivity index (χ0v) is 12.0. The van der Waals surface area contributed by atoms with Crippen LogP contribution in [0.25, 0.3) is 0 Å². The Morgan fingerprint density at radius 3 is 2.62 bits per heavy atom. The van der Waals surface area contributed by atoms with Gasteiger partial charge in [0.1, 0.15) is 0 Å². The average molecular weight is 287 g/mol. The van der Waals surface area contributed by atoms with Crippen molar-refractivity contribution >= 4 is 11.9 Å². The van der Waals surface area contributed by atoms with Crippen LogP contribution < -0.4 is 10.1 Å². The molecule has 0 atom stereocenters. The molecule has 0 bridgehead atoms. The summed E-state index contributed by atoms with van der Waals surface area (Å²) in [5, 5.41) is 11.8. The van der Waals surface area contributed by atoms with Gasteiger partial charge in [-0.25, -0.2) is 9.78 Å². The number of aliphatic carboxylic acids is 1. The molecule has 0 saturated carbocycles. The minimum Gasteiger partial charge on any atom is -0.479 e. The van der Waals surface area contributed by atoms with Gasteiger partial charge in [0.05, 0.1) is 0 Å². The summed E-state index contributed by atoms with van der Waals surface area (Å²) in [6.07, 6.45) is 0. The van der Waals surface area contributed by atoms with Crippen LogP contribution in [0.3, 0.4) is 0 Å². The molecule has 0 saturated heterocycles. The number of rotatable bonds is 6. The molecule has 0 unspecified atom stereocenters. The van der Waals surface area contributed by atoms with Crippen molar-refractivity contribution in [1.82, 2.24) is 9.97 Å². The van der Waals surface area contributed by atoms with Gasteiger partial charge in [0.15, 0.2) is 6.61 Å². The van der Waals surface area contributed by atoms with E-state index < -0.39 is 12.6 Å². The van der Waals surface area contributed by atoms with Crippen LogP contribution in [0.4, 0.5) is 5.95 Å². The maximum Gasteiger partial charge on any atom is 0.341 e. The zero-order chi connectivity index (χ0) is 15.2. The van der Waals surface area contributed by atoms with Gasteiger partial charge in [-0.15, -0.1) is 0 Å². The number of hydrogen-bond donors (Lipinski definition) is 2. The lowest BCUT2D eigenvalue weighted by atomic mass is 10.2. The highest BCUT2D eigenvalue weighted by Crippen LogP contribution is 2.19. The Labute approximate surface area is 122 Å². The number of ether oxygens (including phenoxy) is 1. The number of benzene rings is 1. The van der Waals surface area contributed by atoms with Crippen molar-refractivity contribution < 1.29 is 14.6 Å². The molecule has 0 aliphatic rings. The second-order valence-corrected chi connectivity index (χ2v) is 4.58. The average Bonchev–Trinajstić information content (AvgIpc) is 2.48. The summed E-state index contributed by atoms with van der Waals surface area (Å²) >= 11 is 0. The minimum absolute atomic E-state index is 0.292. The van der Waals surface area contributed by atoms with Crippen LogP contribution in [0.15, 0.2) is 30.3 Å². The number of hydrogen-bond acceptors (Lipinski definition) is 5. The second-order valence-electron chi connectivity index (χ2n) is 4.58. The smallest absolute Gasteiger partial charge is 0.341 e. The first-order chi connectivity index (χ1) is 10.1. The number of aromatic nitrogens is 2.